The number of carbonyl (C=O) groups is 2. The number of para-hydroxylation sites is 1. The molecule has 0 fully saturated rings. The SMILES string of the molecule is NC(=O)c1cc(C(=O)O)c2cccc(F)c2n1. The number of carboxylic acids is 1. The minimum atomic E-state index is -1.27. The maximum atomic E-state index is 13.5. The number of benzene rings is 1. The number of hydrogen-bond donors (Lipinski definition) is 2. The van der Waals surface area contributed by atoms with Crippen LogP contribution in [-0.4, -0.2) is 22.0 Å². The lowest BCUT2D eigenvalue weighted by Gasteiger charge is -2.05. The van der Waals surface area contributed by atoms with E-state index < -0.39 is 17.7 Å². The van der Waals surface area contributed by atoms with Gasteiger partial charge in [0.05, 0.1) is 5.56 Å². The van der Waals surface area contributed by atoms with Crippen LogP contribution in [0.2, 0.25) is 0 Å². The van der Waals surface area contributed by atoms with Gasteiger partial charge in [0.25, 0.3) is 5.91 Å². The van der Waals surface area contributed by atoms with Gasteiger partial charge in [-0.3, -0.25) is 4.79 Å². The molecule has 0 bridgehead atoms. The molecule has 3 N–H and O–H groups in total. The average Bonchev–Trinajstić information content (AvgIpc) is 2.28. The first-order chi connectivity index (χ1) is 8.00. The van der Waals surface area contributed by atoms with Gasteiger partial charge in [-0.05, 0) is 12.1 Å². The molecule has 2 rings (SSSR count). The number of primary amides is 1. The van der Waals surface area contributed by atoms with Gasteiger partial charge in [0.2, 0.25) is 0 Å². The zero-order chi connectivity index (χ0) is 12.6. The van der Waals surface area contributed by atoms with Crippen LogP contribution in [0.3, 0.4) is 0 Å². The van der Waals surface area contributed by atoms with E-state index in [-0.39, 0.29) is 22.2 Å². The molecule has 0 radical (unpaired) electrons. The summed E-state index contributed by atoms with van der Waals surface area (Å²) in [4.78, 5) is 25.7. The standard InChI is InChI=1S/C11H7FN2O3/c12-7-3-1-2-5-6(11(16)17)4-8(10(13)15)14-9(5)7/h1-4H,(H2,13,15)(H,16,17). The van der Waals surface area contributed by atoms with E-state index in [1.54, 1.807) is 0 Å². The number of nitrogens with two attached hydrogens (primary N) is 1. The second kappa shape index (κ2) is 3.82. The number of rotatable bonds is 2. The summed E-state index contributed by atoms with van der Waals surface area (Å²) in [6.07, 6.45) is 0. The largest absolute Gasteiger partial charge is 0.478 e. The van der Waals surface area contributed by atoms with Gasteiger partial charge in [0, 0.05) is 5.39 Å². The predicted octanol–water partition coefficient (Wildman–Crippen LogP) is 1.17. The Hall–Kier alpha value is -2.50. The summed E-state index contributed by atoms with van der Waals surface area (Å²) < 4.78 is 13.5. The quantitative estimate of drug-likeness (QED) is 0.815. The van der Waals surface area contributed by atoms with Crippen LogP contribution in [0.15, 0.2) is 24.3 Å². The van der Waals surface area contributed by atoms with Gasteiger partial charge in [0.1, 0.15) is 17.0 Å². The summed E-state index contributed by atoms with van der Waals surface area (Å²) >= 11 is 0. The Labute approximate surface area is 94.7 Å². The molecule has 0 saturated carbocycles. The Morgan fingerprint density at radius 3 is 2.65 bits per heavy atom. The van der Waals surface area contributed by atoms with E-state index in [9.17, 15) is 14.0 Å². The van der Waals surface area contributed by atoms with Crippen molar-refractivity contribution >= 4 is 22.8 Å². The van der Waals surface area contributed by atoms with Crippen LogP contribution >= 0.6 is 0 Å². The van der Waals surface area contributed by atoms with Crippen molar-refractivity contribution in [3.63, 3.8) is 0 Å². The summed E-state index contributed by atoms with van der Waals surface area (Å²) in [7, 11) is 0. The van der Waals surface area contributed by atoms with Crippen molar-refractivity contribution in [2.24, 2.45) is 5.73 Å². The van der Waals surface area contributed by atoms with Crippen molar-refractivity contribution in [3.8, 4) is 0 Å². The van der Waals surface area contributed by atoms with E-state index in [1.807, 2.05) is 0 Å². The normalized spacial score (nSPS) is 10.4. The molecule has 0 atom stereocenters. The van der Waals surface area contributed by atoms with Crippen LogP contribution in [-0.2, 0) is 0 Å². The number of fused-ring (bicyclic) bond motifs is 1. The molecular formula is C11H7FN2O3. The number of nitrogens with zero attached hydrogens (tertiary/aromatic N) is 1. The van der Waals surface area contributed by atoms with Crippen molar-refractivity contribution < 1.29 is 19.1 Å². The molecule has 0 aliphatic carbocycles. The third-order valence-corrected chi connectivity index (χ3v) is 2.27. The first-order valence-corrected chi connectivity index (χ1v) is 4.63. The van der Waals surface area contributed by atoms with Crippen molar-refractivity contribution in [2.45, 2.75) is 0 Å². The molecule has 0 unspecified atom stereocenters. The second-order valence-corrected chi connectivity index (χ2v) is 3.36. The number of carbonyl (C=O) groups excluding carboxylic acids is 1. The van der Waals surface area contributed by atoms with E-state index in [0.717, 1.165) is 12.1 Å². The molecule has 1 aromatic heterocycles. The number of pyridine rings is 1. The van der Waals surface area contributed by atoms with Crippen LogP contribution < -0.4 is 5.73 Å². The highest BCUT2D eigenvalue weighted by Gasteiger charge is 2.16. The van der Waals surface area contributed by atoms with Crippen molar-refractivity contribution in [3.05, 3.63) is 41.3 Å². The van der Waals surface area contributed by atoms with Crippen LogP contribution in [0.1, 0.15) is 20.8 Å². The lowest BCUT2D eigenvalue weighted by Crippen LogP contribution is -2.15. The number of hydrogen-bond acceptors (Lipinski definition) is 3. The summed E-state index contributed by atoms with van der Waals surface area (Å²) in [5, 5.41) is 9.10. The van der Waals surface area contributed by atoms with E-state index in [4.69, 9.17) is 10.8 Å². The molecule has 17 heavy (non-hydrogen) atoms. The van der Waals surface area contributed by atoms with Crippen LogP contribution in [0.4, 0.5) is 4.39 Å². The Morgan fingerprint density at radius 1 is 1.35 bits per heavy atom. The average molecular weight is 234 g/mol. The van der Waals surface area contributed by atoms with Gasteiger partial charge in [-0.1, -0.05) is 12.1 Å². The van der Waals surface area contributed by atoms with Gasteiger partial charge in [-0.15, -0.1) is 0 Å². The molecule has 6 heteroatoms. The number of amides is 1. The van der Waals surface area contributed by atoms with Gasteiger partial charge in [-0.25, -0.2) is 14.2 Å². The lowest BCUT2D eigenvalue weighted by molar-refractivity contribution is 0.0699. The number of aromatic nitrogens is 1. The highest BCUT2D eigenvalue weighted by Crippen LogP contribution is 2.21. The summed E-state index contributed by atoms with van der Waals surface area (Å²) in [5.41, 5.74) is 4.34. The van der Waals surface area contributed by atoms with Crippen molar-refractivity contribution in [1.82, 2.24) is 4.98 Å². The Balaban J connectivity index is 2.91. The second-order valence-electron chi connectivity index (χ2n) is 3.36. The summed E-state index contributed by atoms with van der Waals surface area (Å²) in [6.45, 7) is 0. The minimum Gasteiger partial charge on any atom is -0.478 e. The van der Waals surface area contributed by atoms with Crippen LogP contribution in [0, 0.1) is 5.82 Å². The first-order valence-electron chi connectivity index (χ1n) is 4.63. The summed E-state index contributed by atoms with van der Waals surface area (Å²) in [5.74, 6) is -2.88. The monoisotopic (exact) mass is 234 g/mol. The molecule has 5 nitrogen and oxygen atoms in total. The predicted molar refractivity (Wildman–Crippen MR) is 57.2 cm³/mol. The molecular weight excluding hydrogens is 227 g/mol. The Kier molecular flexibility index (Phi) is 2.47. The molecule has 86 valence electrons. The van der Waals surface area contributed by atoms with Gasteiger partial charge in [-0.2, -0.15) is 0 Å². The number of aromatic carboxylic acids is 1. The highest BCUT2D eigenvalue weighted by atomic mass is 19.1. The van der Waals surface area contributed by atoms with Gasteiger partial charge in [0.15, 0.2) is 0 Å². The third kappa shape index (κ3) is 1.80. The fourth-order valence-corrected chi connectivity index (χ4v) is 1.52. The molecule has 1 amide bonds. The third-order valence-electron chi connectivity index (χ3n) is 2.27. The van der Waals surface area contributed by atoms with E-state index in [1.165, 1.54) is 12.1 Å². The van der Waals surface area contributed by atoms with Crippen molar-refractivity contribution in [2.75, 3.05) is 0 Å². The van der Waals surface area contributed by atoms with Crippen LogP contribution in [0.25, 0.3) is 10.9 Å². The van der Waals surface area contributed by atoms with E-state index in [0.29, 0.717) is 0 Å². The van der Waals surface area contributed by atoms with Gasteiger partial charge < -0.3 is 10.8 Å². The number of carboxylic acid groups (broad SMARTS) is 1. The fourth-order valence-electron chi connectivity index (χ4n) is 1.52. The highest BCUT2D eigenvalue weighted by molar-refractivity contribution is 6.05. The lowest BCUT2D eigenvalue weighted by atomic mass is 10.1. The fraction of sp³-hybridized carbons (Fsp3) is 0. The van der Waals surface area contributed by atoms with Crippen molar-refractivity contribution in [1.29, 1.82) is 0 Å². The molecule has 2 aromatic rings. The first kappa shape index (κ1) is 11.0. The Bertz CT molecular complexity index is 640. The number of halogens is 1. The maximum Gasteiger partial charge on any atom is 0.336 e. The molecule has 0 spiro atoms. The molecule has 1 heterocycles. The zero-order valence-corrected chi connectivity index (χ0v) is 8.48. The van der Waals surface area contributed by atoms with Gasteiger partial charge >= 0.3 is 5.97 Å². The minimum absolute atomic E-state index is 0.127. The van der Waals surface area contributed by atoms with E-state index in [2.05, 4.69) is 4.98 Å². The van der Waals surface area contributed by atoms with Crippen LogP contribution in [0.5, 0.6) is 0 Å². The maximum absolute atomic E-state index is 13.5. The molecule has 0 aliphatic heterocycles. The smallest absolute Gasteiger partial charge is 0.336 e. The van der Waals surface area contributed by atoms with E-state index >= 15 is 0 Å². The summed E-state index contributed by atoms with van der Waals surface area (Å²) in [6, 6.07) is 4.95. The Morgan fingerprint density at radius 2 is 2.06 bits per heavy atom. The topological polar surface area (TPSA) is 93.3 Å². The zero-order valence-electron chi connectivity index (χ0n) is 8.48. The molecule has 0 aliphatic rings. The molecule has 0 saturated heterocycles. The molecule has 1 aromatic carbocycles.